The van der Waals surface area contributed by atoms with E-state index in [1.165, 1.54) is 13.2 Å². The lowest BCUT2D eigenvalue weighted by molar-refractivity contribution is -0.122. The number of rotatable bonds is 5. The Bertz CT molecular complexity index is 1110. The lowest BCUT2D eigenvalue weighted by Crippen LogP contribution is -2.54. The molecule has 1 saturated heterocycles. The fraction of sp³-hybridized carbons (Fsp3) is 0.227. The number of nitrogens with zero attached hydrogens (tertiary/aromatic N) is 1. The van der Waals surface area contributed by atoms with Crippen LogP contribution in [-0.4, -0.2) is 31.1 Å². The van der Waals surface area contributed by atoms with Crippen molar-refractivity contribution in [2.45, 2.75) is 26.9 Å². The minimum Gasteiger partial charge on any atom is -0.493 e. The van der Waals surface area contributed by atoms with Crippen molar-refractivity contribution in [1.29, 1.82) is 0 Å². The molecule has 162 valence electrons. The summed E-state index contributed by atoms with van der Waals surface area (Å²) >= 11 is 6.84. The van der Waals surface area contributed by atoms with Gasteiger partial charge in [0.25, 0.3) is 11.8 Å². The van der Waals surface area contributed by atoms with E-state index in [9.17, 15) is 14.4 Å². The normalized spacial score (nSPS) is 15.5. The Morgan fingerprint density at radius 1 is 1.06 bits per heavy atom. The summed E-state index contributed by atoms with van der Waals surface area (Å²) in [5.74, 6) is -0.526. The minimum absolute atomic E-state index is 0.0750. The second-order valence-electron chi connectivity index (χ2n) is 7.09. The number of hydrogen-bond donors (Lipinski definition) is 1. The number of anilines is 1. The molecule has 0 radical (unpaired) electrons. The van der Waals surface area contributed by atoms with Gasteiger partial charge in [0.2, 0.25) is 0 Å². The number of ether oxygens (including phenoxy) is 2. The first kappa shape index (κ1) is 23.0. The molecule has 3 rings (SSSR count). The van der Waals surface area contributed by atoms with Crippen LogP contribution in [0.2, 0.25) is 0 Å². The fourth-order valence-electron chi connectivity index (χ4n) is 3.00. The van der Waals surface area contributed by atoms with Crippen molar-refractivity contribution in [1.82, 2.24) is 5.32 Å². The predicted octanol–water partition coefficient (Wildman–Crippen LogP) is 4.98. The molecule has 2 aromatic carbocycles. The monoisotopic (exact) mass is 550 g/mol. The molecular formula is C22H20Br2N2O5. The van der Waals surface area contributed by atoms with Crippen LogP contribution in [0.15, 0.2) is 44.9 Å². The van der Waals surface area contributed by atoms with Gasteiger partial charge in [-0.05, 0) is 84.2 Å². The summed E-state index contributed by atoms with van der Waals surface area (Å²) in [7, 11) is 1.50. The average Bonchev–Trinajstić information content (AvgIpc) is 2.69. The van der Waals surface area contributed by atoms with Crippen molar-refractivity contribution in [3.05, 3.63) is 56.0 Å². The highest BCUT2D eigenvalue weighted by Crippen LogP contribution is 2.38. The van der Waals surface area contributed by atoms with Gasteiger partial charge in [-0.3, -0.25) is 14.9 Å². The quantitative estimate of drug-likeness (QED) is 0.418. The first-order chi connectivity index (χ1) is 14.6. The molecule has 1 heterocycles. The van der Waals surface area contributed by atoms with Gasteiger partial charge in [0.15, 0.2) is 11.5 Å². The Labute approximate surface area is 196 Å². The maximum absolute atomic E-state index is 13.1. The van der Waals surface area contributed by atoms with Crippen LogP contribution in [0.3, 0.4) is 0 Å². The van der Waals surface area contributed by atoms with E-state index < -0.39 is 17.8 Å². The molecule has 0 aliphatic carbocycles. The van der Waals surface area contributed by atoms with Crippen LogP contribution in [0, 0.1) is 6.92 Å². The van der Waals surface area contributed by atoms with Crippen LogP contribution < -0.4 is 19.7 Å². The van der Waals surface area contributed by atoms with E-state index in [0.29, 0.717) is 27.2 Å². The summed E-state index contributed by atoms with van der Waals surface area (Å²) in [4.78, 5) is 38.9. The van der Waals surface area contributed by atoms with E-state index >= 15 is 0 Å². The largest absolute Gasteiger partial charge is 0.493 e. The second-order valence-corrected chi connectivity index (χ2v) is 8.80. The molecule has 31 heavy (non-hydrogen) atoms. The number of carbonyl (C=O) groups is 3. The second kappa shape index (κ2) is 9.23. The predicted molar refractivity (Wildman–Crippen MR) is 124 cm³/mol. The number of barbiturate groups is 1. The SMILES string of the molecule is COc1cc(/C=C2/C(=O)NC(=O)N(c3ccc(Br)c(C)c3)C2=O)cc(Br)c1OC(C)C. The Morgan fingerprint density at radius 2 is 1.77 bits per heavy atom. The van der Waals surface area contributed by atoms with Crippen LogP contribution in [-0.2, 0) is 9.59 Å². The lowest BCUT2D eigenvalue weighted by Gasteiger charge is -2.26. The van der Waals surface area contributed by atoms with Crippen molar-refractivity contribution in [3.63, 3.8) is 0 Å². The van der Waals surface area contributed by atoms with E-state index in [0.717, 1.165) is 14.9 Å². The summed E-state index contributed by atoms with van der Waals surface area (Å²) in [6.45, 7) is 5.62. The summed E-state index contributed by atoms with van der Waals surface area (Å²) < 4.78 is 12.6. The van der Waals surface area contributed by atoms with E-state index in [1.807, 2.05) is 20.8 Å². The van der Waals surface area contributed by atoms with E-state index in [1.54, 1.807) is 30.3 Å². The van der Waals surface area contributed by atoms with Gasteiger partial charge in [0.1, 0.15) is 5.57 Å². The van der Waals surface area contributed by atoms with Gasteiger partial charge < -0.3 is 9.47 Å². The number of aryl methyl sites for hydroxylation is 1. The standard InChI is InChI=1S/C22H20Br2N2O5/c1-11(2)31-19-17(24)9-13(10-18(19)30-4)8-15-20(27)25-22(29)26(21(15)28)14-5-6-16(23)12(3)7-14/h5-11H,1-4H3,(H,25,27,29)/b15-8-. The molecule has 0 saturated carbocycles. The molecule has 0 aromatic heterocycles. The number of carbonyl (C=O) groups excluding carboxylic acids is 3. The van der Waals surface area contributed by atoms with E-state index in [4.69, 9.17) is 9.47 Å². The number of urea groups is 1. The summed E-state index contributed by atoms with van der Waals surface area (Å²) in [6, 6.07) is 7.61. The van der Waals surface area contributed by atoms with Crippen molar-refractivity contribution in [2.24, 2.45) is 0 Å². The Kier molecular flexibility index (Phi) is 6.86. The average molecular weight is 552 g/mol. The molecule has 0 bridgehead atoms. The zero-order chi connectivity index (χ0) is 22.9. The summed E-state index contributed by atoms with van der Waals surface area (Å²) in [5.41, 5.74) is 1.56. The third-order valence-corrected chi connectivity index (χ3v) is 5.90. The fourth-order valence-corrected chi connectivity index (χ4v) is 3.80. The topological polar surface area (TPSA) is 84.9 Å². The molecule has 0 unspecified atom stereocenters. The third-order valence-electron chi connectivity index (χ3n) is 4.42. The molecule has 1 N–H and O–H groups in total. The van der Waals surface area contributed by atoms with Crippen LogP contribution in [0.4, 0.5) is 10.5 Å². The molecule has 0 atom stereocenters. The molecule has 9 heteroatoms. The number of amides is 4. The van der Waals surface area contributed by atoms with Crippen molar-refractivity contribution < 1.29 is 23.9 Å². The highest BCUT2D eigenvalue weighted by atomic mass is 79.9. The highest BCUT2D eigenvalue weighted by molar-refractivity contribution is 9.10. The van der Waals surface area contributed by atoms with Gasteiger partial charge in [0.05, 0.1) is 23.4 Å². The van der Waals surface area contributed by atoms with E-state index in [2.05, 4.69) is 37.2 Å². The van der Waals surface area contributed by atoms with Gasteiger partial charge in [-0.15, -0.1) is 0 Å². The molecule has 7 nitrogen and oxygen atoms in total. The maximum atomic E-state index is 13.1. The molecule has 0 spiro atoms. The Hall–Kier alpha value is -2.65. The van der Waals surface area contributed by atoms with E-state index in [-0.39, 0.29) is 11.7 Å². The van der Waals surface area contributed by atoms with Gasteiger partial charge in [-0.2, -0.15) is 0 Å². The Morgan fingerprint density at radius 3 is 2.39 bits per heavy atom. The zero-order valence-corrected chi connectivity index (χ0v) is 20.5. The number of halogens is 2. The molecule has 1 fully saturated rings. The van der Waals surface area contributed by atoms with Crippen molar-refractivity contribution in [3.8, 4) is 11.5 Å². The molecular weight excluding hydrogens is 532 g/mol. The zero-order valence-electron chi connectivity index (χ0n) is 17.3. The third kappa shape index (κ3) is 4.83. The molecule has 1 aliphatic rings. The Balaban J connectivity index is 2.03. The van der Waals surface area contributed by atoms with Crippen LogP contribution in [0.5, 0.6) is 11.5 Å². The van der Waals surface area contributed by atoms with Gasteiger partial charge in [-0.1, -0.05) is 15.9 Å². The van der Waals surface area contributed by atoms with Gasteiger partial charge in [0, 0.05) is 4.47 Å². The summed E-state index contributed by atoms with van der Waals surface area (Å²) in [6.07, 6.45) is 1.34. The molecule has 4 amide bonds. The maximum Gasteiger partial charge on any atom is 0.335 e. The summed E-state index contributed by atoms with van der Waals surface area (Å²) in [5, 5.41) is 2.22. The smallest absolute Gasteiger partial charge is 0.335 e. The first-order valence-electron chi connectivity index (χ1n) is 9.34. The molecule has 1 aliphatic heterocycles. The molecule has 2 aromatic rings. The lowest BCUT2D eigenvalue weighted by atomic mass is 10.1. The van der Waals surface area contributed by atoms with Crippen LogP contribution in [0.25, 0.3) is 6.08 Å². The number of imide groups is 2. The van der Waals surface area contributed by atoms with Crippen LogP contribution >= 0.6 is 31.9 Å². The van der Waals surface area contributed by atoms with Crippen molar-refractivity contribution in [2.75, 3.05) is 12.0 Å². The van der Waals surface area contributed by atoms with Crippen molar-refractivity contribution >= 4 is 61.5 Å². The minimum atomic E-state index is -0.798. The van der Waals surface area contributed by atoms with Gasteiger partial charge >= 0.3 is 6.03 Å². The number of benzene rings is 2. The number of methoxy groups -OCH3 is 1. The number of nitrogens with one attached hydrogen (secondary N) is 1. The van der Waals surface area contributed by atoms with Gasteiger partial charge in [-0.25, -0.2) is 9.69 Å². The van der Waals surface area contributed by atoms with Crippen LogP contribution in [0.1, 0.15) is 25.0 Å². The number of hydrogen-bond acceptors (Lipinski definition) is 5. The first-order valence-corrected chi connectivity index (χ1v) is 10.9. The highest BCUT2D eigenvalue weighted by Gasteiger charge is 2.37.